The number of anilines is 2. The Balaban J connectivity index is 1.97. The van der Waals surface area contributed by atoms with Crippen molar-refractivity contribution in [2.45, 2.75) is 6.92 Å². The molecule has 0 unspecified atom stereocenters. The van der Waals surface area contributed by atoms with Gasteiger partial charge in [0, 0.05) is 19.8 Å². The Morgan fingerprint density at radius 2 is 1.92 bits per heavy atom. The number of benzene rings is 1. The Morgan fingerprint density at radius 1 is 1.20 bits per heavy atom. The van der Waals surface area contributed by atoms with Gasteiger partial charge in [0.1, 0.15) is 0 Å². The van der Waals surface area contributed by atoms with Gasteiger partial charge in [0.25, 0.3) is 5.91 Å². The van der Waals surface area contributed by atoms with Gasteiger partial charge in [0.05, 0.1) is 21.3 Å². The molecule has 1 N–H and O–H groups in total. The number of hydrogen-bond donors (Lipinski definition) is 1. The first-order valence-corrected chi connectivity index (χ1v) is 8.10. The van der Waals surface area contributed by atoms with Crippen molar-refractivity contribution in [3.63, 3.8) is 0 Å². The number of nitrogens with one attached hydrogen (secondary N) is 1. The molecule has 0 saturated carbocycles. The average Bonchev–Trinajstić information content (AvgIpc) is 2.57. The first-order valence-electron chi connectivity index (χ1n) is 7.35. The Bertz CT molecular complexity index is 810. The molecule has 1 aromatic heterocycles. The van der Waals surface area contributed by atoms with Crippen LogP contribution in [0.3, 0.4) is 0 Å². The van der Waals surface area contributed by atoms with Crippen LogP contribution in [0, 0.1) is 6.92 Å². The SMILES string of the molecule is Cc1nc(NC(=O)COC(=O)c2cccc(N(C)C)c2)c(Cl)cc1Cl. The number of halogens is 2. The number of rotatable bonds is 5. The summed E-state index contributed by atoms with van der Waals surface area (Å²) < 4.78 is 5.02. The van der Waals surface area contributed by atoms with Gasteiger partial charge in [-0.1, -0.05) is 29.3 Å². The second kappa shape index (κ2) is 8.18. The van der Waals surface area contributed by atoms with Crippen LogP contribution in [0.5, 0.6) is 0 Å². The highest BCUT2D eigenvalue weighted by Gasteiger charge is 2.14. The Kier molecular flexibility index (Phi) is 6.22. The topological polar surface area (TPSA) is 71.5 Å². The predicted octanol–water partition coefficient (Wildman–Crippen LogP) is 3.56. The highest BCUT2D eigenvalue weighted by Crippen LogP contribution is 2.25. The van der Waals surface area contributed by atoms with E-state index < -0.39 is 18.5 Å². The Morgan fingerprint density at radius 3 is 2.60 bits per heavy atom. The fourth-order valence-corrected chi connectivity index (χ4v) is 2.35. The highest BCUT2D eigenvalue weighted by molar-refractivity contribution is 6.36. The molecule has 132 valence electrons. The standard InChI is InChI=1S/C17H17Cl2N3O3/c1-10-13(18)8-14(19)16(20-10)21-15(23)9-25-17(24)11-5-4-6-12(7-11)22(2)3/h4-8H,9H2,1-3H3,(H,20,21,23). The van der Waals surface area contributed by atoms with Gasteiger partial charge in [-0.05, 0) is 31.2 Å². The number of aryl methyl sites for hydroxylation is 1. The van der Waals surface area contributed by atoms with E-state index in [-0.39, 0.29) is 10.8 Å². The fourth-order valence-electron chi connectivity index (χ4n) is 1.94. The second-order valence-corrected chi connectivity index (χ2v) is 6.27. The smallest absolute Gasteiger partial charge is 0.338 e. The normalized spacial score (nSPS) is 10.3. The van der Waals surface area contributed by atoms with Crippen molar-refractivity contribution in [2.75, 3.05) is 30.9 Å². The van der Waals surface area contributed by atoms with E-state index in [1.54, 1.807) is 25.1 Å². The number of amides is 1. The van der Waals surface area contributed by atoms with Gasteiger partial charge in [-0.25, -0.2) is 9.78 Å². The van der Waals surface area contributed by atoms with Crippen LogP contribution in [-0.2, 0) is 9.53 Å². The summed E-state index contributed by atoms with van der Waals surface area (Å²) >= 11 is 11.9. The van der Waals surface area contributed by atoms with E-state index in [0.717, 1.165) is 5.69 Å². The maximum Gasteiger partial charge on any atom is 0.338 e. The molecular formula is C17H17Cl2N3O3. The predicted molar refractivity (Wildman–Crippen MR) is 98.7 cm³/mol. The van der Waals surface area contributed by atoms with Crippen LogP contribution in [-0.4, -0.2) is 37.6 Å². The van der Waals surface area contributed by atoms with Gasteiger partial charge in [0.15, 0.2) is 12.4 Å². The maximum absolute atomic E-state index is 12.1. The molecule has 2 rings (SSSR count). The Labute approximate surface area is 155 Å². The number of ether oxygens (including phenoxy) is 1. The summed E-state index contributed by atoms with van der Waals surface area (Å²) in [6, 6.07) is 8.39. The van der Waals surface area contributed by atoms with E-state index in [1.807, 2.05) is 25.1 Å². The number of hydrogen-bond acceptors (Lipinski definition) is 5. The van der Waals surface area contributed by atoms with Crippen LogP contribution in [0.2, 0.25) is 10.0 Å². The first-order chi connectivity index (χ1) is 11.8. The van der Waals surface area contributed by atoms with E-state index in [2.05, 4.69) is 10.3 Å². The number of nitrogens with zero attached hydrogens (tertiary/aromatic N) is 2. The molecule has 0 atom stereocenters. The van der Waals surface area contributed by atoms with E-state index in [4.69, 9.17) is 27.9 Å². The first kappa shape index (κ1) is 19.0. The lowest BCUT2D eigenvalue weighted by Crippen LogP contribution is -2.22. The molecule has 0 saturated heterocycles. The van der Waals surface area contributed by atoms with Gasteiger partial charge < -0.3 is 15.0 Å². The molecule has 0 spiro atoms. The molecule has 8 heteroatoms. The van der Waals surface area contributed by atoms with E-state index in [0.29, 0.717) is 16.3 Å². The quantitative estimate of drug-likeness (QED) is 0.801. The summed E-state index contributed by atoms with van der Waals surface area (Å²) in [5.41, 5.74) is 1.74. The molecule has 25 heavy (non-hydrogen) atoms. The molecule has 0 aliphatic carbocycles. The fraction of sp³-hybridized carbons (Fsp3) is 0.235. The van der Waals surface area contributed by atoms with Gasteiger partial charge in [0.2, 0.25) is 0 Å². The van der Waals surface area contributed by atoms with Crippen molar-refractivity contribution in [2.24, 2.45) is 0 Å². The zero-order valence-electron chi connectivity index (χ0n) is 14.0. The third-order valence-electron chi connectivity index (χ3n) is 3.30. The van der Waals surface area contributed by atoms with Gasteiger partial charge >= 0.3 is 5.97 Å². The summed E-state index contributed by atoms with van der Waals surface area (Å²) in [5, 5.41) is 3.09. The molecule has 6 nitrogen and oxygen atoms in total. The third-order valence-corrected chi connectivity index (χ3v) is 3.97. The Hall–Kier alpha value is -2.31. The van der Waals surface area contributed by atoms with E-state index in [1.165, 1.54) is 6.07 Å². The minimum absolute atomic E-state index is 0.166. The van der Waals surface area contributed by atoms with Crippen molar-refractivity contribution < 1.29 is 14.3 Å². The highest BCUT2D eigenvalue weighted by atomic mass is 35.5. The third kappa shape index (κ3) is 5.08. The molecule has 0 fully saturated rings. The zero-order chi connectivity index (χ0) is 18.6. The van der Waals surface area contributed by atoms with Crippen LogP contribution < -0.4 is 10.2 Å². The largest absolute Gasteiger partial charge is 0.452 e. The van der Waals surface area contributed by atoms with Gasteiger partial charge in [-0.2, -0.15) is 0 Å². The lowest BCUT2D eigenvalue weighted by Gasteiger charge is -2.13. The number of carbonyl (C=O) groups excluding carboxylic acids is 2. The molecular weight excluding hydrogens is 365 g/mol. The van der Waals surface area contributed by atoms with Crippen LogP contribution >= 0.6 is 23.2 Å². The molecule has 2 aromatic rings. The number of carbonyl (C=O) groups is 2. The summed E-state index contributed by atoms with van der Waals surface area (Å²) in [6.07, 6.45) is 0. The van der Waals surface area contributed by atoms with Crippen molar-refractivity contribution in [1.29, 1.82) is 0 Å². The molecule has 0 bridgehead atoms. The summed E-state index contributed by atoms with van der Waals surface area (Å²) in [7, 11) is 3.73. The minimum Gasteiger partial charge on any atom is -0.452 e. The van der Waals surface area contributed by atoms with Gasteiger partial charge in [-0.3, -0.25) is 4.79 Å². The molecule has 1 amide bonds. The molecule has 0 radical (unpaired) electrons. The van der Waals surface area contributed by atoms with E-state index >= 15 is 0 Å². The van der Waals surface area contributed by atoms with E-state index in [9.17, 15) is 9.59 Å². The van der Waals surface area contributed by atoms with Crippen molar-refractivity contribution in [3.05, 3.63) is 51.6 Å². The van der Waals surface area contributed by atoms with Crippen molar-refractivity contribution in [3.8, 4) is 0 Å². The van der Waals surface area contributed by atoms with Crippen LogP contribution in [0.15, 0.2) is 30.3 Å². The number of esters is 1. The van der Waals surface area contributed by atoms with Crippen LogP contribution in [0.4, 0.5) is 11.5 Å². The molecule has 0 aliphatic heterocycles. The van der Waals surface area contributed by atoms with Crippen molar-refractivity contribution in [1.82, 2.24) is 4.98 Å². The second-order valence-electron chi connectivity index (χ2n) is 5.46. The van der Waals surface area contributed by atoms with Gasteiger partial charge in [-0.15, -0.1) is 0 Å². The van der Waals surface area contributed by atoms with Crippen LogP contribution in [0.1, 0.15) is 16.1 Å². The number of pyridine rings is 1. The minimum atomic E-state index is -0.592. The monoisotopic (exact) mass is 381 g/mol. The summed E-state index contributed by atoms with van der Waals surface area (Å²) in [5.74, 6) is -0.974. The lowest BCUT2D eigenvalue weighted by atomic mass is 10.2. The summed E-state index contributed by atoms with van der Waals surface area (Å²) in [4.78, 5) is 30.0. The average molecular weight is 382 g/mol. The zero-order valence-corrected chi connectivity index (χ0v) is 15.5. The molecule has 0 aliphatic rings. The number of aromatic nitrogens is 1. The maximum atomic E-state index is 12.1. The van der Waals surface area contributed by atoms with Crippen molar-refractivity contribution >= 4 is 46.6 Å². The summed E-state index contributed by atoms with van der Waals surface area (Å²) in [6.45, 7) is 1.23. The van der Waals surface area contributed by atoms with Crippen LogP contribution in [0.25, 0.3) is 0 Å². The lowest BCUT2D eigenvalue weighted by molar-refractivity contribution is -0.119. The molecule has 1 heterocycles. The molecule has 1 aromatic carbocycles.